The summed E-state index contributed by atoms with van der Waals surface area (Å²) in [6.45, 7) is 6.72. The lowest BCUT2D eigenvalue weighted by Gasteiger charge is -2.15. The second-order valence-electron chi connectivity index (χ2n) is 5.84. The van der Waals surface area contributed by atoms with Gasteiger partial charge in [0, 0.05) is 13.5 Å². The first-order chi connectivity index (χ1) is 13.3. The molecule has 1 amide bonds. The zero-order valence-electron chi connectivity index (χ0n) is 15.9. The van der Waals surface area contributed by atoms with E-state index in [2.05, 4.69) is 5.32 Å². The van der Waals surface area contributed by atoms with Crippen molar-refractivity contribution in [3.63, 3.8) is 0 Å². The molecule has 0 saturated carbocycles. The van der Waals surface area contributed by atoms with Crippen LogP contribution in [0.2, 0.25) is 0 Å². The molecule has 2 rings (SSSR count). The van der Waals surface area contributed by atoms with Gasteiger partial charge in [0.15, 0.2) is 11.5 Å². The number of carbonyl (C=O) groups is 1. The van der Waals surface area contributed by atoms with Gasteiger partial charge in [-0.2, -0.15) is 0 Å². The Balaban J connectivity index is 1.92. The zero-order valence-corrected chi connectivity index (χ0v) is 15.9. The number of fused-ring (bicyclic) bond motifs is 1. The van der Waals surface area contributed by atoms with E-state index >= 15 is 0 Å². The molecular formula is C19H29NO7. The molecule has 0 saturated heterocycles. The molecule has 0 spiro atoms. The average Bonchev–Trinajstić information content (AvgIpc) is 2.66. The molecule has 1 aromatic rings. The van der Waals surface area contributed by atoms with Crippen LogP contribution in [0.15, 0.2) is 18.2 Å². The van der Waals surface area contributed by atoms with Gasteiger partial charge in [0.05, 0.1) is 52.9 Å². The molecule has 0 aliphatic carbocycles. The summed E-state index contributed by atoms with van der Waals surface area (Å²) in [5, 5.41) is 2.77. The Morgan fingerprint density at radius 2 is 1.26 bits per heavy atom. The Morgan fingerprint density at radius 1 is 0.778 bits per heavy atom. The van der Waals surface area contributed by atoms with Crippen LogP contribution in [0.4, 0.5) is 0 Å². The highest BCUT2D eigenvalue weighted by molar-refractivity contribution is 5.72. The Morgan fingerprint density at radius 3 is 1.78 bits per heavy atom. The van der Waals surface area contributed by atoms with Crippen LogP contribution in [-0.4, -0.2) is 72.0 Å². The van der Waals surface area contributed by atoms with Gasteiger partial charge in [0.1, 0.15) is 13.2 Å². The molecule has 27 heavy (non-hydrogen) atoms. The van der Waals surface area contributed by atoms with Gasteiger partial charge < -0.3 is 33.7 Å². The minimum Gasteiger partial charge on any atom is -0.487 e. The number of ether oxygens (including phenoxy) is 6. The first-order valence-corrected chi connectivity index (χ1v) is 9.19. The SMILES string of the molecule is CC(=O)NCc1ccc2c(c1)OCCOCCOCCOCCOCCO2. The molecule has 0 bridgehead atoms. The number of hydrogen-bond acceptors (Lipinski definition) is 7. The third-order valence-electron chi connectivity index (χ3n) is 3.64. The fourth-order valence-corrected chi connectivity index (χ4v) is 2.30. The van der Waals surface area contributed by atoms with Crippen molar-refractivity contribution in [2.75, 3.05) is 66.1 Å². The number of amides is 1. The van der Waals surface area contributed by atoms with Crippen molar-refractivity contribution in [2.45, 2.75) is 13.5 Å². The molecular weight excluding hydrogens is 354 g/mol. The topological polar surface area (TPSA) is 84.5 Å². The molecule has 8 nitrogen and oxygen atoms in total. The minimum atomic E-state index is -0.0808. The van der Waals surface area contributed by atoms with E-state index in [1.807, 2.05) is 18.2 Å². The fourth-order valence-electron chi connectivity index (χ4n) is 2.30. The quantitative estimate of drug-likeness (QED) is 0.820. The molecule has 8 heteroatoms. The van der Waals surface area contributed by atoms with E-state index in [-0.39, 0.29) is 5.91 Å². The molecule has 0 aromatic heterocycles. The highest BCUT2D eigenvalue weighted by Crippen LogP contribution is 2.28. The molecule has 1 aliphatic rings. The first kappa shape index (κ1) is 21.4. The third kappa shape index (κ3) is 9.58. The van der Waals surface area contributed by atoms with E-state index in [1.54, 1.807) is 0 Å². The van der Waals surface area contributed by atoms with E-state index in [0.29, 0.717) is 84.1 Å². The first-order valence-electron chi connectivity index (χ1n) is 9.19. The smallest absolute Gasteiger partial charge is 0.217 e. The Hall–Kier alpha value is -1.87. The summed E-state index contributed by atoms with van der Waals surface area (Å²) in [7, 11) is 0. The lowest BCUT2D eigenvalue weighted by Crippen LogP contribution is -2.19. The molecule has 0 unspecified atom stereocenters. The van der Waals surface area contributed by atoms with E-state index in [0.717, 1.165) is 5.56 Å². The summed E-state index contributed by atoms with van der Waals surface area (Å²) in [4.78, 5) is 11.1. The second kappa shape index (κ2) is 13.3. The molecule has 1 aromatic carbocycles. The van der Waals surface area contributed by atoms with Crippen molar-refractivity contribution in [1.82, 2.24) is 5.32 Å². The van der Waals surface area contributed by atoms with Crippen LogP contribution in [0, 0.1) is 0 Å². The largest absolute Gasteiger partial charge is 0.487 e. The number of nitrogens with one attached hydrogen (secondary N) is 1. The average molecular weight is 383 g/mol. The van der Waals surface area contributed by atoms with Crippen LogP contribution >= 0.6 is 0 Å². The molecule has 0 fully saturated rings. The van der Waals surface area contributed by atoms with Gasteiger partial charge in [-0.25, -0.2) is 0 Å². The molecule has 0 radical (unpaired) electrons. The van der Waals surface area contributed by atoms with Gasteiger partial charge in [-0.05, 0) is 17.7 Å². The molecule has 0 atom stereocenters. The van der Waals surface area contributed by atoms with Gasteiger partial charge in [0.25, 0.3) is 0 Å². The van der Waals surface area contributed by atoms with Gasteiger partial charge in [-0.1, -0.05) is 6.07 Å². The standard InChI is InChI=1S/C19H29NO7/c1-16(21)20-15-17-2-3-18-19(14-17)27-13-11-25-9-7-23-5-4-22-6-8-24-10-12-26-18/h2-3,14H,4-13,15H2,1H3,(H,20,21). The second-order valence-corrected chi connectivity index (χ2v) is 5.84. The monoisotopic (exact) mass is 383 g/mol. The van der Waals surface area contributed by atoms with E-state index in [4.69, 9.17) is 28.4 Å². The fraction of sp³-hybridized carbons (Fsp3) is 0.632. The van der Waals surface area contributed by atoms with Gasteiger partial charge in [-0.3, -0.25) is 4.79 Å². The summed E-state index contributed by atoms with van der Waals surface area (Å²) in [5.41, 5.74) is 0.928. The van der Waals surface area contributed by atoms with Crippen LogP contribution in [0.1, 0.15) is 12.5 Å². The summed E-state index contributed by atoms with van der Waals surface area (Å²) in [5.74, 6) is 1.16. The van der Waals surface area contributed by atoms with Crippen LogP contribution in [0.5, 0.6) is 11.5 Å². The van der Waals surface area contributed by atoms with E-state index < -0.39 is 0 Å². The van der Waals surface area contributed by atoms with Crippen molar-refractivity contribution in [3.05, 3.63) is 23.8 Å². The maximum absolute atomic E-state index is 11.1. The lowest BCUT2D eigenvalue weighted by molar-refractivity contribution is -0.119. The van der Waals surface area contributed by atoms with Crippen molar-refractivity contribution in [1.29, 1.82) is 0 Å². The van der Waals surface area contributed by atoms with Crippen molar-refractivity contribution < 1.29 is 33.2 Å². The van der Waals surface area contributed by atoms with Crippen LogP contribution in [0.3, 0.4) is 0 Å². The predicted octanol–water partition coefficient (Wildman–Crippen LogP) is 1.16. The van der Waals surface area contributed by atoms with Crippen molar-refractivity contribution >= 4 is 5.91 Å². The summed E-state index contributed by atoms with van der Waals surface area (Å²) >= 11 is 0. The van der Waals surface area contributed by atoms with Crippen molar-refractivity contribution in [2.24, 2.45) is 0 Å². The Kier molecular flexibility index (Phi) is 10.6. The Bertz CT molecular complexity index is 553. The molecule has 1 aliphatic heterocycles. The Labute approximate surface area is 160 Å². The number of carbonyl (C=O) groups excluding carboxylic acids is 1. The van der Waals surface area contributed by atoms with Crippen LogP contribution in [-0.2, 0) is 30.3 Å². The maximum atomic E-state index is 11.1. The van der Waals surface area contributed by atoms with Crippen LogP contribution < -0.4 is 14.8 Å². The lowest BCUT2D eigenvalue weighted by atomic mass is 10.2. The molecule has 152 valence electrons. The molecule has 1 N–H and O–H groups in total. The van der Waals surface area contributed by atoms with E-state index in [9.17, 15) is 4.79 Å². The number of rotatable bonds is 2. The van der Waals surface area contributed by atoms with Crippen LogP contribution in [0.25, 0.3) is 0 Å². The summed E-state index contributed by atoms with van der Waals surface area (Å²) < 4.78 is 33.4. The third-order valence-corrected chi connectivity index (χ3v) is 3.64. The summed E-state index contributed by atoms with van der Waals surface area (Å²) in [6, 6.07) is 5.59. The van der Waals surface area contributed by atoms with Gasteiger partial charge in [-0.15, -0.1) is 0 Å². The van der Waals surface area contributed by atoms with Crippen molar-refractivity contribution in [3.8, 4) is 11.5 Å². The highest BCUT2D eigenvalue weighted by atomic mass is 16.6. The number of hydrogen-bond donors (Lipinski definition) is 1. The van der Waals surface area contributed by atoms with Gasteiger partial charge in [0.2, 0.25) is 5.91 Å². The van der Waals surface area contributed by atoms with E-state index in [1.165, 1.54) is 6.92 Å². The maximum Gasteiger partial charge on any atom is 0.217 e. The highest BCUT2D eigenvalue weighted by Gasteiger charge is 2.08. The predicted molar refractivity (Wildman–Crippen MR) is 98.2 cm³/mol. The van der Waals surface area contributed by atoms with Gasteiger partial charge >= 0.3 is 0 Å². The normalized spacial score (nSPS) is 18.1. The minimum absolute atomic E-state index is 0.0808. The summed E-state index contributed by atoms with van der Waals surface area (Å²) in [6.07, 6.45) is 0. The zero-order chi connectivity index (χ0) is 19.2. The molecule has 1 heterocycles. The number of benzene rings is 1.